The average Bonchev–Trinajstić information content (AvgIpc) is 2.84. The first-order valence-corrected chi connectivity index (χ1v) is 6.12. The number of hydrogen-bond donors (Lipinski definition) is 1. The van der Waals surface area contributed by atoms with Crippen molar-refractivity contribution in [2.75, 3.05) is 14.2 Å². The Morgan fingerprint density at radius 1 is 1.16 bits per heavy atom. The van der Waals surface area contributed by atoms with Gasteiger partial charge in [-0.3, -0.25) is 4.68 Å². The van der Waals surface area contributed by atoms with Gasteiger partial charge in [0.05, 0.1) is 20.4 Å². The highest BCUT2D eigenvalue weighted by Crippen LogP contribution is 2.27. The van der Waals surface area contributed by atoms with Gasteiger partial charge in [-0.1, -0.05) is 6.07 Å². The van der Waals surface area contributed by atoms with E-state index in [1.54, 1.807) is 18.9 Å². The lowest BCUT2D eigenvalue weighted by Crippen LogP contribution is -2.14. The molecule has 0 amide bonds. The van der Waals surface area contributed by atoms with Crippen LogP contribution in [0.4, 0.5) is 0 Å². The van der Waals surface area contributed by atoms with Crippen molar-refractivity contribution in [1.29, 1.82) is 0 Å². The summed E-state index contributed by atoms with van der Waals surface area (Å²) >= 11 is 0. The molecule has 0 radical (unpaired) electrons. The van der Waals surface area contributed by atoms with Gasteiger partial charge >= 0.3 is 0 Å². The zero-order chi connectivity index (χ0) is 13.7. The number of ether oxygens (including phenoxy) is 2. The minimum atomic E-state index is 0.683. The van der Waals surface area contributed by atoms with Crippen molar-refractivity contribution < 1.29 is 9.47 Å². The highest BCUT2D eigenvalue weighted by atomic mass is 16.5. The van der Waals surface area contributed by atoms with E-state index in [1.165, 1.54) is 0 Å². The van der Waals surface area contributed by atoms with Gasteiger partial charge in [-0.25, -0.2) is 0 Å². The van der Waals surface area contributed by atoms with Gasteiger partial charge in [-0.15, -0.1) is 0 Å². The number of aromatic nitrogens is 2. The van der Waals surface area contributed by atoms with Gasteiger partial charge < -0.3 is 14.8 Å². The monoisotopic (exact) mass is 261 g/mol. The molecule has 1 heterocycles. The third kappa shape index (κ3) is 3.26. The molecule has 1 aromatic heterocycles. The van der Waals surface area contributed by atoms with Crippen LogP contribution < -0.4 is 14.8 Å². The number of aryl methyl sites for hydroxylation is 1. The molecule has 2 aromatic rings. The fourth-order valence-corrected chi connectivity index (χ4v) is 2.00. The molecule has 19 heavy (non-hydrogen) atoms. The molecule has 0 spiro atoms. The Kier molecular flexibility index (Phi) is 4.41. The van der Waals surface area contributed by atoms with Gasteiger partial charge in [0.15, 0.2) is 0 Å². The molecule has 2 rings (SSSR count). The molecule has 5 nitrogen and oxygen atoms in total. The molecule has 0 bridgehead atoms. The van der Waals surface area contributed by atoms with Crippen molar-refractivity contribution in [3.63, 3.8) is 0 Å². The Bertz CT molecular complexity index is 515. The van der Waals surface area contributed by atoms with Crippen LogP contribution in [0.15, 0.2) is 30.6 Å². The predicted molar refractivity (Wildman–Crippen MR) is 73.3 cm³/mol. The lowest BCUT2D eigenvalue weighted by molar-refractivity contribution is 0.382. The summed E-state index contributed by atoms with van der Waals surface area (Å²) in [4.78, 5) is 0. The minimum absolute atomic E-state index is 0.683. The predicted octanol–water partition coefficient (Wildman–Crippen LogP) is 1.73. The molecule has 0 aliphatic heterocycles. The molecule has 5 heteroatoms. The van der Waals surface area contributed by atoms with Gasteiger partial charge in [-0.05, 0) is 12.1 Å². The smallest absolute Gasteiger partial charge is 0.127 e. The first-order chi connectivity index (χ1) is 9.24. The maximum Gasteiger partial charge on any atom is 0.127 e. The van der Waals surface area contributed by atoms with Gasteiger partial charge in [0, 0.05) is 37.5 Å². The van der Waals surface area contributed by atoms with Gasteiger partial charge in [-0.2, -0.15) is 5.10 Å². The topological polar surface area (TPSA) is 48.3 Å². The van der Waals surface area contributed by atoms with Crippen LogP contribution in [-0.2, 0) is 20.1 Å². The van der Waals surface area contributed by atoms with E-state index in [-0.39, 0.29) is 0 Å². The van der Waals surface area contributed by atoms with Crippen LogP contribution in [-0.4, -0.2) is 24.0 Å². The Balaban J connectivity index is 2.02. The van der Waals surface area contributed by atoms with Crippen molar-refractivity contribution in [2.45, 2.75) is 13.1 Å². The fourth-order valence-electron chi connectivity index (χ4n) is 2.00. The van der Waals surface area contributed by atoms with Crippen LogP contribution in [0.5, 0.6) is 11.5 Å². The summed E-state index contributed by atoms with van der Waals surface area (Å²) < 4.78 is 12.5. The van der Waals surface area contributed by atoms with Gasteiger partial charge in [0.2, 0.25) is 0 Å². The van der Waals surface area contributed by atoms with Crippen molar-refractivity contribution in [3.8, 4) is 11.5 Å². The highest BCUT2D eigenvalue weighted by Gasteiger charge is 2.09. The Hall–Kier alpha value is -2.01. The second kappa shape index (κ2) is 6.24. The van der Waals surface area contributed by atoms with Gasteiger partial charge in [0.25, 0.3) is 0 Å². The zero-order valence-corrected chi connectivity index (χ0v) is 11.5. The van der Waals surface area contributed by atoms with Crippen LogP contribution in [0.25, 0.3) is 0 Å². The SMILES string of the molecule is COc1cccc(OC)c1CNCc1cnn(C)c1. The lowest BCUT2D eigenvalue weighted by atomic mass is 10.1. The molecule has 1 aromatic carbocycles. The molecule has 0 saturated carbocycles. The Morgan fingerprint density at radius 2 is 1.84 bits per heavy atom. The lowest BCUT2D eigenvalue weighted by Gasteiger charge is -2.13. The Labute approximate surface area is 113 Å². The third-order valence-corrected chi connectivity index (χ3v) is 2.92. The van der Waals surface area contributed by atoms with Crippen LogP contribution >= 0.6 is 0 Å². The molecular formula is C14H19N3O2. The van der Waals surface area contributed by atoms with E-state index < -0.39 is 0 Å². The number of nitrogens with one attached hydrogen (secondary N) is 1. The molecule has 0 aliphatic carbocycles. The standard InChI is InChI=1S/C14H19N3O2/c1-17-10-11(8-16-17)7-15-9-12-13(18-2)5-4-6-14(12)19-3/h4-6,8,10,15H,7,9H2,1-3H3. The number of rotatable bonds is 6. The number of nitrogens with zero attached hydrogens (tertiary/aromatic N) is 2. The maximum atomic E-state index is 5.36. The third-order valence-electron chi connectivity index (χ3n) is 2.92. The summed E-state index contributed by atoms with van der Waals surface area (Å²) in [6.07, 6.45) is 3.85. The molecule has 102 valence electrons. The molecule has 0 fully saturated rings. The summed E-state index contributed by atoms with van der Waals surface area (Å²) in [7, 11) is 5.24. The van der Waals surface area contributed by atoms with Crippen molar-refractivity contribution in [1.82, 2.24) is 15.1 Å². The maximum absolute atomic E-state index is 5.36. The molecule has 0 atom stereocenters. The Morgan fingerprint density at radius 3 is 2.37 bits per heavy atom. The summed E-state index contributed by atoms with van der Waals surface area (Å²) in [6.45, 7) is 1.44. The summed E-state index contributed by atoms with van der Waals surface area (Å²) in [5.41, 5.74) is 2.17. The largest absolute Gasteiger partial charge is 0.496 e. The number of benzene rings is 1. The quantitative estimate of drug-likeness (QED) is 0.860. The van der Waals surface area contributed by atoms with E-state index in [9.17, 15) is 0 Å². The van der Waals surface area contributed by atoms with Gasteiger partial charge in [0.1, 0.15) is 11.5 Å². The highest BCUT2D eigenvalue weighted by molar-refractivity contribution is 5.44. The van der Waals surface area contributed by atoms with Crippen LogP contribution in [0.1, 0.15) is 11.1 Å². The van der Waals surface area contributed by atoms with Crippen molar-refractivity contribution in [2.24, 2.45) is 7.05 Å². The molecule has 0 saturated heterocycles. The fraction of sp³-hybridized carbons (Fsp3) is 0.357. The van der Waals surface area contributed by atoms with Crippen molar-refractivity contribution in [3.05, 3.63) is 41.7 Å². The van der Waals surface area contributed by atoms with Crippen LogP contribution in [0.2, 0.25) is 0 Å². The van der Waals surface area contributed by atoms with Crippen LogP contribution in [0.3, 0.4) is 0 Å². The van der Waals surface area contributed by atoms with Crippen LogP contribution in [0, 0.1) is 0 Å². The van der Waals surface area contributed by atoms with E-state index in [2.05, 4.69) is 10.4 Å². The molecule has 1 N–H and O–H groups in total. The first-order valence-electron chi connectivity index (χ1n) is 6.12. The summed E-state index contributed by atoms with van der Waals surface area (Å²) in [5, 5.41) is 7.50. The minimum Gasteiger partial charge on any atom is -0.496 e. The molecule has 0 unspecified atom stereocenters. The number of hydrogen-bond acceptors (Lipinski definition) is 4. The second-order valence-corrected chi connectivity index (χ2v) is 4.27. The zero-order valence-electron chi connectivity index (χ0n) is 11.5. The summed E-state index contributed by atoms with van der Waals surface area (Å²) in [6, 6.07) is 5.79. The normalized spacial score (nSPS) is 10.5. The van der Waals surface area contributed by atoms with E-state index in [4.69, 9.17) is 9.47 Å². The van der Waals surface area contributed by atoms with E-state index in [0.717, 1.165) is 29.2 Å². The van der Waals surface area contributed by atoms with E-state index >= 15 is 0 Å². The average molecular weight is 261 g/mol. The molecular weight excluding hydrogens is 242 g/mol. The molecule has 0 aliphatic rings. The second-order valence-electron chi connectivity index (χ2n) is 4.27. The first kappa shape index (κ1) is 13.4. The number of methoxy groups -OCH3 is 2. The van der Waals surface area contributed by atoms with E-state index in [1.807, 2.05) is 37.6 Å². The van der Waals surface area contributed by atoms with E-state index in [0.29, 0.717) is 6.54 Å². The summed E-state index contributed by atoms with van der Waals surface area (Å²) in [5.74, 6) is 1.66. The van der Waals surface area contributed by atoms with Crippen molar-refractivity contribution >= 4 is 0 Å².